The SMILES string of the molecule is Cc1ccc(-n2c(C=Cc3ccc(F)cc3)nc3ccccc3c2=O)cc1F. The Morgan fingerprint density at radius 2 is 1.68 bits per heavy atom. The standard InChI is InChI=1S/C23H16F2N2O/c1-15-6-12-18(14-20(15)25)27-22(13-9-16-7-10-17(24)11-8-16)26-21-5-3-2-4-19(21)23(27)28/h2-14H,1H3. The first-order chi connectivity index (χ1) is 13.5. The van der Waals surface area contributed by atoms with E-state index in [1.165, 1.54) is 22.8 Å². The number of benzene rings is 3. The third kappa shape index (κ3) is 3.34. The van der Waals surface area contributed by atoms with Crippen molar-refractivity contribution in [1.82, 2.24) is 9.55 Å². The molecule has 1 heterocycles. The van der Waals surface area contributed by atoms with Gasteiger partial charge in [0.1, 0.15) is 17.5 Å². The predicted octanol–water partition coefficient (Wildman–Crippen LogP) is 5.14. The average molecular weight is 374 g/mol. The Balaban J connectivity index is 1.94. The second-order valence-electron chi connectivity index (χ2n) is 6.45. The van der Waals surface area contributed by atoms with E-state index >= 15 is 0 Å². The smallest absolute Gasteiger partial charge is 0.266 e. The van der Waals surface area contributed by atoms with Crippen LogP contribution in [-0.2, 0) is 0 Å². The molecule has 0 bridgehead atoms. The summed E-state index contributed by atoms with van der Waals surface area (Å²) in [5.41, 5.74) is 1.91. The van der Waals surface area contributed by atoms with Crippen molar-refractivity contribution in [2.45, 2.75) is 6.92 Å². The van der Waals surface area contributed by atoms with Crippen LogP contribution in [0, 0.1) is 18.6 Å². The molecule has 0 saturated carbocycles. The number of fused-ring (bicyclic) bond motifs is 1. The summed E-state index contributed by atoms with van der Waals surface area (Å²) in [5, 5.41) is 0.447. The molecule has 0 aliphatic heterocycles. The van der Waals surface area contributed by atoms with Crippen LogP contribution in [0.25, 0.3) is 28.7 Å². The number of aromatic nitrogens is 2. The van der Waals surface area contributed by atoms with Crippen molar-refractivity contribution in [2.75, 3.05) is 0 Å². The van der Waals surface area contributed by atoms with Gasteiger partial charge in [0.25, 0.3) is 5.56 Å². The molecule has 0 saturated heterocycles. The first-order valence-electron chi connectivity index (χ1n) is 8.75. The maximum Gasteiger partial charge on any atom is 0.266 e. The number of nitrogens with zero attached hydrogens (tertiary/aromatic N) is 2. The minimum absolute atomic E-state index is 0.285. The molecule has 0 atom stereocenters. The van der Waals surface area contributed by atoms with Gasteiger partial charge in [-0.2, -0.15) is 0 Å². The lowest BCUT2D eigenvalue weighted by Gasteiger charge is -2.12. The van der Waals surface area contributed by atoms with Crippen molar-refractivity contribution in [1.29, 1.82) is 0 Å². The van der Waals surface area contributed by atoms with Crippen LogP contribution in [-0.4, -0.2) is 9.55 Å². The summed E-state index contributed by atoms with van der Waals surface area (Å²) in [6, 6.07) is 17.6. The minimum Gasteiger partial charge on any atom is -0.268 e. The van der Waals surface area contributed by atoms with Crippen molar-refractivity contribution in [2.24, 2.45) is 0 Å². The van der Waals surface area contributed by atoms with Gasteiger partial charge in [0.15, 0.2) is 0 Å². The third-order valence-electron chi connectivity index (χ3n) is 4.51. The van der Waals surface area contributed by atoms with Crippen LogP contribution in [0.4, 0.5) is 8.78 Å². The number of rotatable bonds is 3. The number of hydrogen-bond donors (Lipinski definition) is 0. The molecular formula is C23H16F2N2O. The fourth-order valence-corrected chi connectivity index (χ4v) is 2.98. The zero-order valence-corrected chi connectivity index (χ0v) is 15.1. The molecule has 3 nitrogen and oxygen atoms in total. The van der Waals surface area contributed by atoms with E-state index in [4.69, 9.17) is 0 Å². The molecule has 0 N–H and O–H groups in total. The van der Waals surface area contributed by atoms with Crippen LogP contribution >= 0.6 is 0 Å². The second kappa shape index (κ2) is 7.19. The van der Waals surface area contributed by atoms with Gasteiger partial charge in [-0.3, -0.25) is 9.36 Å². The summed E-state index contributed by atoms with van der Waals surface area (Å²) >= 11 is 0. The van der Waals surface area contributed by atoms with Gasteiger partial charge in [-0.15, -0.1) is 0 Å². The van der Waals surface area contributed by atoms with Crippen molar-refractivity contribution in [3.05, 3.63) is 106 Å². The Kier molecular flexibility index (Phi) is 4.57. The van der Waals surface area contributed by atoms with Gasteiger partial charge in [0, 0.05) is 0 Å². The Bertz CT molecular complexity index is 1260. The van der Waals surface area contributed by atoms with Crippen molar-refractivity contribution in [3.63, 3.8) is 0 Å². The Hall–Kier alpha value is -3.60. The number of hydrogen-bond acceptors (Lipinski definition) is 2. The summed E-state index contributed by atoms with van der Waals surface area (Å²) < 4.78 is 28.6. The van der Waals surface area contributed by atoms with Gasteiger partial charge in [-0.25, -0.2) is 13.8 Å². The molecule has 0 spiro atoms. The van der Waals surface area contributed by atoms with Gasteiger partial charge in [0.05, 0.1) is 16.6 Å². The molecule has 0 aliphatic carbocycles. The lowest BCUT2D eigenvalue weighted by molar-refractivity contribution is 0.617. The van der Waals surface area contributed by atoms with Crippen LogP contribution in [0.1, 0.15) is 17.0 Å². The zero-order chi connectivity index (χ0) is 19.7. The first-order valence-corrected chi connectivity index (χ1v) is 8.75. The molecule has 5 heteroatoms. The lowest BCUT2D eigenvalue weighted by atomic mass is 10.1. The quantitative estimate of drug-likeness (QED) is 0.497. The molecule has 28 heavy (non-hydrogen) atoms. The second-order valence-corrected chi connectivity index (χ2v) is 6.45. The summed E-state index contributed by atoms with van der Waals surface area (Å²) in [6.07, 6.45) is 3.40. The van der Waals surface area contributed by atoms with Gasteiger partial charge < -0.3 is 0 Å². The summed E-state index contributed by atoms with van der Waals surface area (Å²) in [5.74, 6) is -0.365. The number of halogens is 2. The maximum absolute atomic E-state index is 14.1. The number of aryl methyl sites for hydroxylation is 1. The van der Waals surface area contributed by atoms with Crippen LogP contribution in [0.5, 0.6) is 0 Å². The predicted molar refractivity (Wildman–Crippen MR) is 107 cm³/mol. The van der Waals surface area contributed by atoms with E-state index < -0.39 is 5.82 Å². The van der Waals surface area contributed by atoms with Crippen LogP contribution in [0.3, 0.4) is 0 Å². The molecule has 0 amide bonds. The van der Waals surface area contributed by atoms with Crippen molar-refractivity contribution in [3.8, 4) is 5.69 Å². The Labute approximate surface area is 160 Å². The monoisotopic (exact) mass is 374 g/mol. The van der Waals surface area contributed by atoms with E-state index in [2.05, 4.69) is 4.98 Å². The summed E-state index contributed by atoms with van der Waals surface area (Å²) in [6.45, 7) is 1.66. The first kappa shape index (κ1) is 17.8. The summed E-state index contributed by atoms with van der Waals surface area (Å²) in [4.78, 5) is 17.7. The maximum atomic E-state index is 14.1. The summed E-state index contributed by atoms with van der Waals surface area (Å²) in [7, 11) is 0. The van der Waals surface area contributed by atoms with Gasteiger partial charge in [-0.05, 0) is 60.5 Å². The molecule has 0 unspecified atom stereocenters. The van der Waals surface area contributed by atoms with Gasteiger partial charge in [-0.1, -0.05) is 36.4 Å². The minimum atomic E-state index is -0.397. The Morgan fingerprint density at radius 3 is 2.43 bits per heavy atom. The topological polar surface area (TPSA) is 34.9 Å². The van der Waals surface area contributed by atoms with E-state index in [1.807, 2.05) is 0 Å². The Morgan fingerprint density at radius 1 is 0.929 bits per heavy atom. The van der Waals surface area contributed by atoms with Gasteiger partial charge >= 0.3 is 0 Å². The molecule has 0 fully saturated rings. The zero-order valence-electron chi connectivity index (χ0n) is 15.1. The van der Waals surface area contributed by atoms with E-state index in [0.29, 0.717) is 28.0 Å². The van der Waals surface area contributed by atoms with Crippen LogP contribution in [0.15, 0.2) is 71.5 Å². The van der Waals surface area contributed by atoms with E-state index in [9.17, 15) is 13.6 Å². The van der Waals surface area contributed by atoms with Gasteiger partial charge in [0.2, 0.25) is 0 Å². The largest absolute Gasteiger partial charge is 0.268 e. The van der Waals surface area contributed by atoms with E-state index in [1.54, 1.807) is 67.6 Å². The molecular weight excluding hydrogens is 358 g/mol. The van der Waals surface area contributed by atoms with E-state index in [-0.39, 0.29) is 11.4 Å². The molecule has 3 aromatic carbocycles. The average Bonchev–Trinajstić information content (AvgIpc) is 2.70. The highest BCUT2D eigenvalue weighted by Gasteiger charge is 2.12. The molecule has 4 aromatic rings. The fraction of sp³-hybridized carbons (Fsp3) is 0.0435. The van der Waals surface area contributed by atoms with Crippen molar-refractivity contribution >= 4 is 23.1 Å². The molecule has 1 aromatic heterocycles. The lowest BCUT2D eigenvalue weighted by Crippen LogP contribution is -2.22. The molecule has 138 valence electrons. The highest BCUT2D eigenvalue weighted by Crippen LogP contribution is 2.18. The fourth-order valence-electron chi connectivity index (χ4n) is 2.98. The van der Waals surface area contributed by atoms with Crippen molar-refractivity contribution < 1.29 is 8.78 Å². The molecule has 0 radical (unpaired) electrons. The third-order valence-corrected chi connectivity index (χ3v) is 4.51. The van der Waals surface area contributed by atoms with Crippen LogP contribution in [0.2, 0.25) is 0 Å². The number of para-hydroxylation sites is 1. The van der Waals surface area contributed by atoms with Crippen LogP contribution < -0.4 is 5.56 Å². The highest BCUT2D eigenvalue weighted by molar-refractivity contribution is 5.80. The highest BCUT2D eigenvalue weighted by atomic mass is 19.1. The van der Waals surface area contributed by atoms with E-state index in [0.717, 1.165) is 5.56 Å². The molecule has 0 aliphatic rings. The normalized spacial score (nSPS) is 11.4. The molecule has 4 rings (SSSR count).